The van der Waals surface area contributed by atoms with Gasteiger partial charge in [-0.2, -0.15) is 0 Å². The minimum absolute atomic E-state index is 0.121. The van der Waals surface area contributed by atoms with Crippen LogP contribution in [-0.2, 0) is 0 Å². The van der Waals surface area contributed by atoms with Crippen molar-refractivity contribution in [1.82, 2.24) is 9.97 Å². The predicted molar refractivity (Wildman–Crippen MR) is 108 cm³/mol. The lowest BCUT2D eigenvalue weighted by atomic mass is 10.1. The Balaban J connectivity index is 2.02. The van der Waals surface area contributed by atoms with Gasteiger partial charge >= 0.3 is 0 Å². The Morgan fingerprint density at radius 1 is 1.00 bits per heavy atom. The number of carbonyl (C=O) groups is 1. The molecule has 0 aliphatic rings. The topological polar surface area (TPSA) is 82.6 Å². The molecule has 1 N–H and O–H groups in total. The highest BCUT2D eigenvalue weighted by Crippen LogP contribution is 2.30. The van der Waals surface area contributed by atoms with Crippen LogP contribution in [0.1, 0.15) is 28.5 Å². The second-order valence-electron chi connectivity index (χ2n) is 6.26. The van der Waals surface area contributed by atoms with Crippen molar-refractivity contribution in [1.29, 1.82) is 0 Å². The van der Waals surface area contributed by atoms with Crippen LogP contribution in [0.2, 0.25) is 0 Å². The van der Waals surface area contributed by atoms with Crippen LogP contribution in [0.4, 0.5) is 5.69 Å². The number of anilines is 1. The molecule has 0 radical (unpaired) electrons. The van der Waals surface area contributed by atoms with E-state index in [1.165, 1.54) is 7.11 Å². The number of benzene rings is 2. The molecule has 1 aromatic heterocycles. The van der Waals surface area contributed by atoms with Gasteiger partial charge in [0.05, 0.1) is 37.5 Å². The number of hydrogen-bond donors (Lipinski definition) is 1. The number of rotatable bonds is 6. The van der Waals surface area contributed by atoms with E-state index < -0.39 is 5.91 Å². The zero-order valence-electron chi connectivity index (χ0n) is 16.6. The van der Waals surface area contributed by atoms with E-state index in [4.69, 9.17) is 14.2 Å². The van der Waals surface area contributed by atoms with E-state index in [0.717, 1.165) is 11.1 Å². The summed E-state index contributed by atoms with van der Waals surface area (Å²) in [5, 5.41) is 2.82. The average Bonchev–Trinajstić information content (AvgIpc) is 2.69. The molecule has 3 aromatic rings. The predicted octanol–water partition coefficient (Wildman–Crippen LogP) is 3.91. The molecule has 7 heteroatoms. The number of ether oxygens (including phenoxy) is 3. The van der Waals surface area contributed by atoms with Gasteiger partial charge in [0.2, 0.25) is 5.88 Å². The highest BCUT2D eigenvalue weighted by molar-refractivity contribution is 6.06. The summed E-state index contributed by atoms with van der Waals surface area (Å²) in [5.74, 6) is 0.870. The van der Waals surface area contributed by atoms with Gasteiger partial charge in [0.25, 0.3) is 5.91 Å². The van der Waals surface area contributed by atoms with Gasteiger partial charge in [-0.15, -0.1) is 0 Å². The number of hydrogen-bond acceptors (Lipinski definition) is 6. The van der Waals surface area contributed by atoms with Crippen molar-refractivity contribution < 1.29 is 19.0 Å². The van der Waals surface area contributed by atoms with Gasteiger partial charge in [0, 0.05) is 6.07 Å². The summed E-state index contributed by atoms with van der Waals surface area (Å²) in [7, 11) is 3.09. The maximum atomic E-state index is 12.9. The number of nitrogens with one attached hydrogen (secondary N) is 1. The SMILES string of the molecule is CCOc1nc2cc(C)c(C)cc2nc1C(=O)Nc1ccc(OC)cc1OC. The number of aromatic nitrogens is 2. The Bertz CT molecular complexity index is 1030. The summed E-state index contributed by atoms with van der Waals surface area (Å²) in [5.41, 5.74) is 4.12. The van der Waals surface area contributed by atoms with Crippen LogP contribution in [0.15, 0.2) is 30.3 Å². The van der Waals surface area contributed by atoms with Gasteiger partial charge in [0.15, 0.2) is 5.69 Å². The Morgan fingerprint density at radius 2 is 1.68 bits per heavy atom. The van der Waals surface area contributed by atoms with Gasteiger partial charge in [-0.25, -0.2) is 9.97 Å². The number of amides is 1. The second kappa shape index (κ2) is 8.12. The maximum absolute atomic E-state index is 12.9. The summed E-state index contributed by atoms with van der Waals surface area (Å²) in [6, 6.07) is 8.99. The molecule has 0 aliphatic heterocycles. The number of carbonyl (C=O) groups excluding carboxylic acids is 1. The molecule has 0 spiro atoms. The molecule has 0 unspecified atom stereocenters. The molecule has 3 rings (SSSR count). The average molecular weight is 381 g/mol. The van der Waals surface area contributed by atoms with E-state index in [0.29, 0.717) is 34.8 Å². The van der Waals surface area contributed by atoms with Crippen molar-refractivity contribution in [3.05, 3.63) is 47.2 Å². The second-order valence-corrected chi connectivity index (χ2v) is 6.26. The molecule has 2 aromatic carbocycles. The van der Waals surface area contributed by atoms with Crippen LogP contribution in [0.5, 0.6) is 17.4 Å². The normalized spacial score (nSPS) is 10.6. The van der Waals surface area contributed by atoms with Crippen molar-refractivity contribution >= 4 is 22.6 Å². The van der Waals surface area contributed by atoms with Crippen LogP contribution < -0.4 is 19.5 Å². The molecule has 0 atom stereocenters. The number of methoxy groups -OCH3 is 2. The Kier molecular flexibility index (Phi) is 5.63. The number of fused-ring (bicyclic) bond motifs is 1. The first-order valence-corrected chi connectivity index (χ1v) is 8.92. The Hall–Kier alpha value is -3.35. The third-order valence-corrected chi connectivity index (χ3v) is 4.40. The molecule has 0 fully saturated rings. The Morgan fingerprint density at radius 3 is 2.29 bits per heavy atom. The molecular weight excluding hydrogens is 358 g/mol. The van der Waals surface area contributed by atoms with E-state index in [1.807, 2.05) is 32.9 Å². The molecule has 0 aliphatic carbocycles. The van der Waals surface area contributed by atoms with Crippen molar-refractivity contribution in [3.63, 3.8) is 0 Å². The summed E-state index contributed by atoms with van der Waals surface area (Å²) >= 11 is 0. The van der Waals surface area contributed by atoms with Crippen molar-refractivity contribution in [2.45, 2.75) is 20.8 Å². The van der Waals surface area contributed by atoms with Crippen LogP contribution in [0.25, 0.3) is 11.0 Å². The van der Waals surface area contributed by atoms with E-state index in [-0.39, 0.29) is 11.6 Å². The quantitative estimate of drug-likeness (QED) is 0.697. The summed E-state index contributed by atoms with van der Waals surface area (Å²) in [4.78, 5) is 22.0. The van der Waals surface area contributed by atoms with Crippen molar-refractivity contribution in [2.24, 2.45) is 0 Å². The van der Waals surface area contributed by atoms with Crippen LogP contribution >= 0.6 is 0 Å². The first kappa shape index (κ1) is 19.4. The minimum Gasteiger partial charge on any atom is -0.497 e. The molecular formula is C21H23N3O4. The highest BCUT2D eigenvalue weighted by Gasteiger charge is 2.20. The van der Waals surface area contributed by atoms with Gasteiger partial charge in [0.1, 0.15) is 11.5 Å². The Labute approximate surface area is 163 Å². The lowest BCUT2D eigenvalue weighted by molar-refractivity contribution is 0.101. The largest absolute Gasteiger partial charge is 0.497 e. The number of nitrogens with zero attached hydrogens (tertiary/aromatic N) is 2. The van der Waals surface area contributed by atoms with Crippen molar-refractivity contribution in [2.75, 3.05) is 26.1 Å². The van der Waals surface area contributed by atoms with E-state index in [9.17, 15) is 4.79 Å². The fourth-order valence-corrected chi connectivity index (χ4v) is 2.76. The summed E-state index contributed by atoms with van der Waals surface area (Å²) < 4.78 is 16.1. The molecule has 1 heterocycles. The maximum Gasteiger partial charge on any atom is 0.280 e. The first-order chi connectivity index (χ1) is 13.5. The molecule has 28 heavy (non-hydrogen) atoms. The molecule has 0 saturated heterocycles. The summed E-state index contributed by atoms with van der Waals surface area (Å²) in [6.07, 6.45) is 0. The number of aryl methyl sites for hydroxylation is 2. The molecule has 1 amide bonds. The molecule has 7 nitrogen and oxygen atoms in total. The zero-order chi connectivity index (χ0) is 20.3. The lowest BCUT2D eigenvalue weighted by Crippen LogP contribution is -2.17. The summed E-state index contributed by atoms with van der Waals surface area (Å²) in [6.45, 7) is 6.21. The van der Waals surface area contributed by atoms with Crippen LogP contribution in [0, 0.1) is 13.8 Å². The lowest BCUT2D eigenvalue weighted by Gasteiger charge is -2.13. The first-order valence-electron chi connectivity index (χ1n) is 8.92. The third-order valence-electron chi connectivity index (χ3n) is 4.40. The third kappa shape index (κ3) is 3.83. The highest BCUT2D eigenvalue weighted by atomic mass is 16.5. The fraction of sp³-hybridized carbons (Fsp3) is 0.286. The molecule has 0 bridgehead atoms. The standard InChI is InChI=1S/C21H23N3O4/c1-6-28-21-19(22-16-9-12(2)13(3)10-17(16)24-21)20(25)23-15-8-7-14(26-4)11-18(15)27-5/h7-11H,6H2,1-5H3,(H,23,25). The molecule has 0 saturated carbocycles. The molecule has 146 valence electrons. The minimum atomic E-state index is -0.431. The van der Waals surface area contributed by atoms with Crippen LogP contribution in [0.3, 0.4) is 0 Å². The van der Waals surface area contributed by atoms with Gasteiger partial charge in [-0.3, -0.25) is 4.79 Å². The van der Waals surface area contributed by atoms with Crippen LogP contribution in [-0.4, -0.2) is 36.7 Å². The van der Waals surface area contributed by atoms with E-state index >= 15 is 0 Å². The fourth-order valence-electron chi connectivity index (χ4n) is 2.76. The van der Waals surface area contributed by atoms with E-state index in [2.05, 4.69) is 15.3 Å². The van der Waals surface area contributed by atoms with Gasteiger partial charge < -0.3 is 19.5 Å². The monoisotopic (exact) mass is 381 g/mol. The zero-order valence-corrected chi connectivity index (χ0v) is 16.6. The van der Waals surface area contributed by atoms with Crippen molar-refractivity contribution in [3.8, 4) is 17.4 Å². The van der Waals surface area contributed by atoms with Gasteiger partial charge in [-0.1, -0.05) is 0 Å². The van der Waals surface area contributed by atoms with E-state index in [1.54, 1.807) is 25.3 Å². The van der Waals surface area contributed by atoms with Gasteiger partial charge in [-0.05, 0) is 56.2 Å². The smallest absolute Gasteiger partial charge is 0.280 e.